The van der Waals surface area contributed by atoms with Crippen LogP contribution in [0.25, 0.3) is 0 Å². The summed E-state index contributed by atoms with van der Waals surface area (Å²) in [6.07, 6.45) is -4.58. The minimum atomic E-state index is -4.58. The van der Waals surface area contributed by atoms with E-state index in [9.17, 15) is 18.0 Å². The van der Waals surface area contributed by atoms with Crippen molar-refractivity contribution in [1.29, 1.82) is 0 Å². The molecule has 1 amide bonds. The van der Waals surface area contributed by atoms with E-state index in [-0.39, 0.29) is 10.2 Å². The molecule has 1 aromatic heterocycles. The first-order valence-corrected chi connectivity index (χ1v) is 4.86. The fourth-order valence-corrected chi connectivity index (χ4v) is 0.835. The lowest BCUT2D eigenvalue weighted by Gasteiger charge is -1.97. The zero-order valence-electron chi connectivity index (χ0n) is 6.56. The predicted octanol–water partition coefficient (Wildman–Crippen LogP) is 2.07. The summed E-state index contributed by atoms with van der Waals surface area (Å²) in [5, 5.41) is 5.17. The SMILES string of the molecule is O=C(CI)Nc1cc(C(F)(F)F)on1. The number of hydrogen-bond donors (Lipinski definition) is 1. The lowest BCUT2D eigenvalue weighted by molar-refractivity contribution is -0.155. The molecule has 1 N–H and O–H groups in total. The number of hydrogen-bond acceptors (Lipinski definition) is 3. The number of aromatic nitrogens is 1. The van der Waals surface area contributed by atoms with Gasteiger partial charge in [0.15, 0.2) is 5.82 Å². The van der Waals surface area contributed by atoms with Crippen LogP contribution in [0.1, 0.15) is 5.76 Å². The highest BCUT2D eigenvalue weighted by Crippen LogP contribution is 2.30. The van der Waals surface area contributed by atoms with Crippen molar-refractivity contribution in [2.45, 2.75) is 6.18 Å². The van der Waals surface area contributed by atoms with Gasteiger partial charge < -0.3 is 9.84 Å². The van der Waals surface area contributed by atoms with Gasteiger partial charge in [0, 0.05) is 6.07 Å². The molecule has 0 radical (unpaired) electrons. The molecule has 0 spiro atoms. The number of carbonyl (C=O) groups is 1. The topological polar surface area (TPSA) is 55.1 Å². The maximum atomic E-state index is 12.0. The highest BCUT2D eigenvalue weighted by Gasteiger charge is 2.36. The van der Waals surface area contributed by atoms with Crippen LogP contribution >= 0.6 is 22.6 Å². The van der Waals surface area contributed by atoms with Crippen molar-refractivity contribution in [3.63, 3.8) is 0 Å². The minimum absolute atomic E-state index is 0.131. The third-order valence-electron chi connectivity index (χ3n) is 1.18. The average Bonchev–Trinajstić information content (AvgIpc) is 2.51. The fraction of sp³-hybridized carbons (Fsp3) is 0.333. The van der Waals surface area contributed by atoms with E-state index in [1.54, 1.807) is 22.6 Å². The van der Waals surface area contributed by atoms with Crippen molar-refractivity contribution in [2.75, 3.05) is 9.74 Å². The van der Waals surface area contributed by atoms with Crippen molar-refractivity contribution in [2.24, 2.45) is 0 Å². The number of nitrogens with one attached hydrogen (secondary N) is 1. The molecule has 0 atom stereocenters. The molecular formula is C6H4F3IN2O2. The Morgan fingerprint density at radius 1 is 1.64 bits per heavy atom. The third-order valence-corrected chi connectivity index (χ3v) is 1.87. The van der Waals surface area contributed by atoms with Gasteiger partial charge in [-0.05, 0) is 0 Å². The number of rotatable bonds is 2. The maximum Gasteiger partial charge on any atom is 0.452 e. The third kappa shape index (κ3) is 2.86. The molecule has 0 fully saturated rings. The zero-order valence-corrected chi connectivity index (χ0v) is 8.72. The predicted molar refractivity (Wildman–Crippen MR) is 49.0 cm³/mol. The summed E-state index contributed by atoms with van der Waals surface area (Å²) in [6, 6.07) is 0.629. The smallest absolute Gasteiger partial charge is 0.349 e. The number of anilines is 1. The van der Waals surface area contributed by atoms with Crippen LogP contribution in [0.4, 0.5) is 19.0 Å². The van der Waals surface area contributed by atoms with Crippen molar-refractivity contribution < 1.29 is 22.5 Å². The number of amides is 1. The number of halogens is 4. The van der Waals surface area contributed by atoms with Crippen LogP contribution in [0.2, 0.25) is 0 Å². The number of alkyl halides is 4. The van der Waals surface area contributed by atoms with E-state index in [1.807, 2.05) is 0 Å². The van der Waals surface area contributed by atoms with E-state index in [4.69, 9.17) is 0 Å². The Hall–Kier alpha value is -0.800. The van der Waals surface area contributed by atoms with Crippen molar-refractivity contribution >= 4 is 34.3 Å². The molecular weight excluding hydrogens is 316 g/mol. The molecule has 1 rings (SSSR count). The molecule has 0 aromatic carbocycles. The highest BCUT2D eigenvalue weighted by molar-refractivity contribution is 14.1. The van der Waals surface area contributed by atoms with Gasteiger partial charge in [-0.25, -0.2) is 0 Å². The Morgan fingerprint density at radius 2 is 2.29 bits per heavy atom. The van der Waals surface area contributed by atoms with Crippen LogP contribution in [0, 0.1) is 0 Å². The molecule has 8 heteroatoms. The van der Waals surface area contributed by atoms with E-state index in [0.29, 0.717) is 6.07 Å². The summed E-state index contributed by atoms with van der Waals surface area (Å²) in [7, 11) is 0. The molecule has 1 aromatic rings. The van der Waals surface area contributed by atoms with Crippen molar-refractivity contribution in [3.05, 3.63) is 11.8 Å². The minimum Gasteiger partial charge on any atom is -0.349 e. The van der Waals surface area contributed by atoms with Crippen molar-refractivity contribution in [3.8, 4) is 0 Å². The standard InChI is InChI=1S/C6H4F3IN2O2/c7-6(8,9)3-1-4(12-14-3)11-5(13)2-10/h1H,2H2,(H,11,12,13). The molecule has 4 nitrogen and oxygen atoms in total. The number of nitrogens with zero attached hydrogens (tertiary/aromatic N) is 1. The first kappa shape index (κ1) is 11.3. The van der Waals surface area contributed by atoms with E-state index < -0.39 is 17.8 Å². The summed E-state index contributed by atoms with van der Waals surface area (Å²) in [5.41, 5.74) is 0. The Morgan fingerprint density at radius 3 is 2.71 bits per heavy atom. The second-order valence-corrected chi connectivity index (χ2v) is 3.02. The molecule has 0 bridgehead atoms. The van der Waals surface area contributed by atoms with Gasteiger partial charge in [0.25, 0.3) is 0 Å². The lowest BCUT2D eigenvalue weighted by Crippen LogP contribution is -2.12. The molecule has 14 heavy (non-hydrogen) atoms. The molecule has 0 aliphatic carbocycles. The maximum absolute atomic E-state index is 12.0. The molecule has 0 saturated heterocycles. The summed E-state index contributed by atoms with van der Waals surface area (Å²) in [5.74, 6) is -1.91. The second-order valence-electron chi connectivity index (χ2n) is 2.26. The molecule has 0 saturated carbocycles. The molecule has 1 heterocycles. The monoisotopic (exact) mass is 320 g/mol. The van der Waals surface area contributed by atoms with Crippen LogP contribution in [0.3, 0.4) is 0 Å². The van der Waals surface area contributed by atoms with Gasteiger partial charge in [-0.2, -0.15) is 13.2 Å². The Kier molecular flexibility index (Phi) is 3.34. The molecule has 78 valence electrons. The molecule has 0 unspecified atom stereocenters. The van der Waals surface area contributed by atoms with Crippen molar-refractivity contribution in [1.82, 2.24) is 5.16 Å². The Bertz CT molecular complexity index is 336. The van der Waals surface area contributed by atoms with E-state index in [2.05, 4.69) is 15.0 Å². The quantitative estimate of drug-likeness (QED) is 0.670. The van der Waals surface area contributed by atoms with Crippen LogP contribution in [0.15, 0.2) is 10.6 Å². The zero-order chi connectivity index (χ0) is 10.8. The summed E-state index contributed by atoms with van der Waals surface area (Å²) in [6.45, 7) is 0. The average molecular weight is 320 g/mol. The lowest BCUT2D eigenvalue weighted by atomic mass is 10.4. The van der Waals surface area contributed by atoms with E-state index >= 15 is 0 Å². The first-order valence-electron chi connectivity index (χ1n) is 3.33. The van der Waals surface area contributed by atoms with Gasteiger partial charge >= 0.3 is 6.18 Å². The largest absolute Gasteiger partial charge is 0.452 e. The van der Waals surface area contributed by atoms with Crippen LogP contribution in [-0.2, 0) is 11.0 Å². The fourth-order valence-electron chi connectivity index (χ4n) is 0.644. The van der Waals surface area contributed by atoms with E-state index in [1.165, 1.54) is 0 Å². The summed E-state index contributed by atoms with van der Waals surface area (Å²) < 4.78 is 40.0. The van der Waals surface area contributed by atoms with E-state index in [0.717, 1.165) is 0 Å². The van der Waals surface area contributed by atoms with Gasteiger partial charge in [0.1, 0.15) is 0 Å². The van der Waals surface area contributed by atoms with Gasteiger partial charge in [0.05, 0.1) is 4.43 Å². The van der Waals surface area contributed by atoms with Crippen LogP contribution < -0.4 is 5.32 Å². The Labute approximate surface area is 90.0 Å². The van der Waals surface area contributed by atoms with Crippen LogP contribution in [-0.4, -0.2) is 15.5 Å². The van der Waals surface area contributed by atoms with Gasteiger partial charge in [0.2, 0.25) is 11.7 Å². The highest BCUT2D eigenvalue weighted by atomic mass is 127. The van der Waals surface area contributed by atoms with Gasteiger partial charge in [-0.3, -0.25) is 4.79 Å². The second kappa shape index (κ2) is 4.15. The molecule has 0 aliphatic rings. The van der Waals surface area contributed by atoms with Gasteiger partial charge in [-0.15, -0.1) is 0 Å². The number of carbonyl (C=O) groups excluding carboxylic acids is 1. The summed E-state index contributed by atoms with van der Waals surface area (Å²) >= 11 is 1.77. The van der Waals surface area contributed by atoms with Crippen LogP contribution in [0.5, 0.6) is 0 Å². The van der Waals surface area contributed by atoms with Gasteiger partial charge in [-0.1, -0.05) is 27.7 Å². The molecule has 0 aliphatic heterocycles. The summed E-state index contributed by atoms with van der Waals surface area (Å²) in [4.78, 5) is 10.8. The normalized spacial score (nSPS) is 11.4. The first-order chi connectivity index (χ1) is 6.43. The Balaban J connectivity index is 2.74.